The van der Waals surface area contributed by atoms with Crippen LogP contribution < -0.4 is 4.90 Å². The standard InChI is InChI=1S/C16H12Cl2FN3O/c17-12-6-13(18)14(19)5-11(12)15-9-22(3-4-23-15)16-2-1-10(7-20)8-21-16/h1-2,5-6,8,15H,3-4,9H2. The summed E-state index contributed by atoms with van der Waals surface area (Å²) in [5.41, 5.74) is 1.06. The van der Waals surface area contributed by atoms with Crippen molar-refractivity contribution in [3.63, 3.8) is 0 Å². The largest absolute Gasteiger partial charge is 0.370 e. The molecule has 7 heteroatoms. The molecule has 4 nitrogen and oxygen atoms in total. The summed E-state index contributed by atoms with van der Waals surface area (Å²) >= 11 is 11.9. The van der Waals surface area contributed by atoms with Crippen LogP contribution in [0.2, 0.25) is 10.0 Å². The van der Waals surface area contributed by atoms with E-state index in [0.29, 0.717) is 35.8 Å². The molecular formula is C16H12Cl2FN3O. The maximum atomic E-state index is 13.7. The molecule has 1 aromatic carbocycles. The highest BCUT2D eigenvalue weighted by molar-refractivity contribution is 6.35. The molecule has 1 atom stereocenters. The zero-order valence-electron chi connectivity index (χ0n) is 12.0. The van der Waals surface area contributed by atoms with Gasteiger partial charge in [-0.15, -0.1) is 0 Å². The summed E-state index contributed by atoms with van der Waals surface area (Å²) in [6.07, 6.45) is 1.15. The molecule has 0 aliphatic carbocycles. The number of morpholine rings is 1. The smallest absolute Gasteiger partial charge is 0.142 e. The molecular weight excluding hydrogens is 340 g/mol. The first-order valence-electron chi connectivity index (χ1n) is 6.95. The average molecular weight is 352 g/mol. The fraction of sp³-hybridized carbons (Fsp3) is 0.250. The number of rotatable bonds is 2. The predicted molar refractivity (Wildman–Crippen MR) is 86.3 cm³/mol. The molecule has 1 saturated heterocycles. The van der Waals surface area contributed by atoms with Crippen LogP contribution in [0.15, 0.2) is 30.5 Å². The normalized spacial score (nSPS) is 17.8. The van der Waals surface area contributed by atoms with Gasteiger partial charge in [0.25, 0.3) is 0 Å². The summed E-state index contributed by atoms with van der Waals surface area (Å²) in [7, 11) is 0. The van der Waals surface area contributed by atoms with E-state index in [2.05, 4.69) is 4.98 Å². The van der Waals surface area contributed by atoms with Gasteiger partial charge in [-0.3, -0.25) is 0 Å². The first-order valence-corrected chi connectivity index (χ1v) is 7.71. The van der Waals surface area contributed by atoms with E-state index in [4.69, 9.17) is 33.2 Å². The van der Waals surface area contributed by atoms with Crippen molar-refractivity contribution in [1.29, 1.82) is 5.26 Å². The van der Waals surface area contributed by atoms with E-state index >= 15 is 0 Å². The van der Waals surface area contributed by atoms with Crippen molar-refractivity contribution < 1.29 is 9.13 Å². The number of halogens is 3. The van der Waals surface area contributed by atoms with E-state index in [1.165, 1.54) is 18.3 Å². The number of hydrogen-bond acceptors (Lipinski definition) is 4. The summed E-state index contributed by atoms with van der Waals surface area (Å²) in [5, 5.41) is 9.18. The highest BCUT2D eigenvalue weighted by Crippen LogP contribution is 2.33. The molecule has 0 bridgehead atoms. The highest BCUT2D eigenvalue weighted by Gasteiger charge is 2.25. The van der Waals surface area contributed by atoms with Gasteiger partial charge >= 0.3 is 0 Å². The number of aromatic nitrogens is 1. The van der Waals surface area contributed by atoms with Crippen LogP contribution in [0.4, 0.5) is 10.2 Å². The lowest BCUT2D eigenvalue weighted by atomic mass is 10.1. The van der Waals surface area contributed by atoms with Crippen LogP contribution in [0.3, 0.4) is 0 Å². The first-order chi connectivity index (χ1) is 11.1. The van der Waals surface area contributed by atoms with Gasteiger partial charge in [-0.2, -0.15) is 5.26 Å². The van der Waals surface area contributed by atoms with E-state index in [9.17, 15) is 4.39 Å². The number of hydrogen-bond donors (Lipinski definition) is 0. The lowest BCUT2D eigenvalue weighted by Gasteiger charge is -2.34. The summed E-state index contributed by atoms with van der Waals surface area (Å²) < 4.78 is 19.4. The molecule has 0 saturated carbocycles. The second-order valence-corrected chi connectivity index (χ2v) is 5.92. The van der Waals surface area contributed by atoms with Crippen LogP contribution in [-0.2, 0) is 4.74 Å². The third-order valence-corrected chi connectivity index (χ3v) is 4.27. The number of pyridine rings is 1. The number of ether oxygens (including phenoxy) is 1. The Balaban J connectivity index is 1.83. The van der Waals surface area contributed by atoms with Gasteiger partial charge < -0.3 is 9.64 Å². The maximum absolute atomic E-state index is 13.7. The van der Waals surface area contributed by atoms with Crippen LogP contribution in [-0.4, -0.2) is 24.7 Å². The molecule has 3 rings (SSSR count). The molecule has 1 aliphatic rings. The second kappa shape index (κ2) is 6.71. The average Bonchev–Trinajstić information content (AvgIpc) is 2.58. The van der Waals surface area contributed by atoms with Gasteiger partial charge in [0, 0.05) is 29.9 Å². The zero-order chi connectivity index (χ0) is 16.4. The van der Waals surface area contributed by atoms with Gasteiger partial charge in [-0.1, -0.05) is 23.2 Å². The Morgan fingerprint density at radius 2 is 2.13 bits per heavy atom. The van der Waals surface area contributed by atoms with Gasteiger partial charge in [0.15, 0.2) is 0 Å². The van der Waals surface area contributed by atoms with E-state index < -0.39 is 5.82 Å². The Morgan fingerprint density at radius 3 is 2.83 bits per heavy atom. The topological polar surface area (TPSA) is 49.2 Å². The molecule has 23 heavy (non-hydrogen) atoms. The summed E-state index contributed by atoms with van der Waals surface area (Å²) in [6.45, 7) is 1.61. The quantitative estimate of drug-likeness (QED) is 0.768. The summed E-state index contributed by atoms with van der Waals surface area (Å²) in [6, 6.07) is 8.22. The van der Waals surface area contributed by atoms with E-state index in [-0.39, 0.29) is 11.1 Å². The molecule has 0 radical (unpaired) electrons. The van der Waals surface area contributed by atoms with Crippen molar-refractivity contribution in [3.05, 3.63) is 57.5 Å². The van der Waals surface area contributed by atoms with Gasteiger partial charge in [-0.05, 0) is 24.3 Å². The molecule has 2 heterocycles. The van der Waals surface area contributed by atoms with Crippen LogP contribution in [0.25, 0.3) is 0 Å². The van der Waals surface area contributed by atoms with Crippen molar-refractivity contribution in [2.45, 2.75) is 6.10 Å². The van der Waals surface area contributed by atoms with Gasteiger partial charge in [0.1, 0.15) is 23.8 Å². The van der Waals surface area contributed by atoms with Crippen molar-refractivity contribution in [2.24, 2.45) is 0 Å². The van der Waals surface area contributed by atoms with Crippen LogP contribution in [0.5, 0.6) is 0 Å². The number of nitrogens with zero attached hydrogens (tertiary/aromatic N) is 3. The molecule has 0 spiro atoms. The van der Waals surface area contributed by atoms with Crippen LogP contribution >= 0.6 is 23.2 Å². The molecule has 1 aromatic heterocycles. The van der Waals surface area contributed by atoms with E-state index in [1.54, 1.807) is 12.1 Å². The fourth-order valence-corrected chi connectivity index (χ4v) is 2.97. The highest BCUT2D eigenvalue weighted by atomic mass is 35.5. The van der Waals surface area contributed by atoms with Gasteiger partial charge in [0.05, 0.1) is 17.2 Å². The maximum Gasteiger partial charge on any atom is 0.142 e. The van der Waals surface area contributed by atoms with Gasteiger partial charge in [-0.25, -0.2) is 9.37 Å². The number of anilines is 1. The van der Waals surface area contributed by atoms with Crippen molar-refractivity contribution in [3.8, 4) is 6.07 Å². The fourth-order valence-electron chi connectivity index (χ4n) is 2.47. The Morgan fingerprint density at radius 1 is 1.30 bits per heavy atom. The Hall–Kier alpha value is -1.87. The van der Waals surface area contributed by atoms with Crippen molar-refractivity contribution in [2.75, 3.05) is 24.6 Å². The monoisotopic (exact) mass is 351 g/mol. The molecule has 1 aliphatic heterocycles. The third kappa shape index (κ3) is 3.40. The Kier molecular flexibility index (Phi) is 4.67. The van der Waals surface area contributed by atoms with E-state index in [0.717, 1.165) is 5.82 Å². The molecule has 0 N–H and O–H groups in total. The molecule has 2 aromatic rings. The minimum Gasteiger partial charge on any atom is -0.370 e. The summed E-state index contributed by atoms with van der Waals surface area (Å²) in [4.78, 5) is 6.29. The number of benzene rings is 1. The second-order valence-electron chi connectivity index (χ2n) is 5.11. The predicted octanol–water partition coefficient (Wildman–Crippen LogP) is 3.98. The van der Waals surface area contributed by atoms with Crippen molar-refractivity contribution >= 4 is 29.0 Å². The first kappa shape index (κ1) is 16.0. The minimum absolute atomic E-state index is 0.0137. The zero-order valence-corrected chi connectivity index (χ0v) is 13.5. The van der Waals surface area contributed by atoms with Crippen LogP contribution in [0, 0.1) is 17.1 Å². The molecule has 1 unspecified atom stereocenters. The van der Waals surface area contributed by atoms with E-state index in [1.807, 2.05) is 11.0 Å². The van der Waals surface area contributed by atoms with Crippen molar-refractivity contribution in [1.82, 2.24) is 4.98 Å². The molecule has 118 valence electrons. The lowest BCUT2D eigenvalue weighted by Crippen LogP contribution is -2.39. The SMILES string of the molecule is N#Cc1ccc(N2CCOC(c3cc(F)c(Cl)cc3Cl)C2)nc1. The molecule has 0 amide bonds. The summed E-state index contributed by atoms with van der Waals surface area (Å²) in [5.74, 6) is 0.214. The Bertz CT molecular complexity index is 761. The van der Waals surface area contributed by atoms with Crippen LogP contribution in [0.1, 0.15) is 17.2 Å². The minimum atomic E-state index is -0.525. The molecule has 1 fully saturated rings. The third-order valence-electron chi connectivity index (χ3n) is 3.65. The number of nitriles is 1. The lowest BCUT2D eigenvalue weighted by molar-refractivity contribution is 0.0394. The van der Waals surface area contributed by atoms with Gasteiger partial charge in [0.2, 0.25) is 0 Å². The Labute approximate surface area is 143 Å².